The van der Waals surface area contributed by atoms with E-state index < -0.39 is 5.41 Å². The van der Waals surface area contributed by atoms with Gasteiger partial charge in [0.25, 0.3) is 0 Å². The molecule has 3 amide bonds. The van der Waals surface area contributed by atoms with E-state index in [1.54, 1.807) is 24.5 Å². The normalized spacial score (nSPS) is 18.1. The van der Waals surface area contributed by atoms with Crippen molar-refractivity contribution < 1.29 is 14.4 Å². The van der Waals surface area contributed by atoms with Gasteiger partial charge in [-0.3, -0.25) is 24.3 Å². The van der Waals surface area contributed by atoms with Crippen molar-refractivity contribution >= 4 is 17.7 Å². The maximum Gasteiger partial charge on any atom is 0.241 e. The number of carbonyl (C=O) groups excluding carboxylic acids is 3. The summed E-state index contributed by atoms with van der Waals surface area (Å²) in [6.45, 7) is 12.1. The molecule has 34 heavy (non-hydrogen) atoms. The highest BCUT2D eigenvalue weighted by molar-refractivity contribution is 6.10. The molecular weight excluding hydrogens is 428 g/mol. The first-order valence-corrected chi connectivity index (χ1v) is 12.2. The first-order valence-electron chi connectivity index (χ1n) is 12.2. The standard InChI is InChI=1S/C27H36N4O3/c1-5-29(6-2)16-17-30(7-3)24(32)18-27(23-11-9-8-10-21(23)4)19-25(33)31(26(27)34)20-22-12-14-28-15-13-22/h8-15H,5-7,16-20H2,1-4H3/t27-/m0/s1. The molecule has 7 nitrogen and oxygen atoms in total. The highest BCUT2D eigenvalue weighted by Crippen LogP contribution is 2.42. The Kier molecular flexibility index (Phi) is 8.56. The summed E-state index contributed by atoms with van der Waals surface area (Å²) in [5.41, 5.74) is 1.32. The van der Waals surface area contributed by atoms with Crippen LogP contribution >= 0.6 is 0 Å². The van der Waals surface area contributed by atoms with Crippen molar-refractivity contribution in [2.24, 2.45) is 0 Å². The maximum atomic E-state index is 13.9. The smallest absolute Gasteiger partial charge is 0.241 e. The van der Waals surface area contributed by atoms with Gasteiger partial charge in [0.1, 0.15) is 0 Å². The number of imide groups is 1. The van der Waals surface area contributed by atoms with Crippen LogP contribution in [0.4, 0.5) is 0 Å². The van der Waals surface area contributed by atoms with Crippen LogP contribution in [0.25, 0.3) is 0 Å². The Morgan fingerprint density at radius 2 is 1.68 bits per heavy atom. The molecule has 0 aliphatic carbocycles. The molecule has 7 heteroatoms. The minimum atomic E-state index is -1.19. The van der Waals surface area contributed by atoms with Gasteiger partial charge < -0.3 is 9.80 Å². The first kappa shape index (κ1) is 25.6. The summed E-state index contributed by atoms with van der Waals surface area (Å²) in [6, 6.07) is 11.2. The molecule has 1 atom stereocenters. The van der Waals surface area contributed by atoms with E-state index in [9.17, 15) is 14.4 Å². The van der Waals surface area contributed by atoms with Crippen LogP contribution in [0.1, 0.15) is 50.3 Å². The Morgan fingerprint density at radius 1 is 1.00 bits per heavy atom. The number of benzene rings is 1. The molecule has 0 radical (unpaired) electrons. The average Bonchev–Trinajstić information content (AvgIpc) is 3.07. The molecule has 1 aromatic heterocycles. The van der Waals surface area contributed by atoms with Crippen LogP contribution in [0, 0.1) is 6.92 Å². The number of nitrogens with zero attached hydrogens (tertiary/aromatic N) is 4. The minimum absolute atomic E-state index is 0.00110. The van der Waals surface area contributed by atoms with Gasteiger partial charge in [-0.25, -0.2) is 0 Å². The maximum absolute atomic E-state index is 13.9. The van der Waals surface area contributed by atoms with E-state index in [1.165, 1.54) is 4.90 Å². The number of amides is 3. The molecule has 1 aliphatic heterocycles. The van der Waals surface area contributed by atoms with Crippen LogP contribution in [0.15, 0.2) is 48.8 Å². The third-order valence-corrected chi connectivity index (χ3v) is 6.93. The number of likely N-dealkylation sites (N-methyl/N-ethyl adjacent to an activating group) is 2. The van der Waals surface area contributed by atoms with Crippen LogP contribution < -0.4 is 0 Å². The van der Waals surface area contributed by atoms with Gasteiger partial charge >= 0.3 is 0 Å². The summed E-state index contributed by atoms with van der Waals surface area (Å²) in [5.74, 6) is -0.634. The Balaban J connectivity index is 1.91. The molecule has 1 saturated heterocycles. The molecule has 182 valence electrons. The van der Waals surface area contributed by atoms with E-state index in [4.69, 9.17) is 0 Å². The van der Waals surface area contributed by atoms with Crippen LogP contribution in [0.5, 0.6) is 0 Å². The molecule has 1 fully saturated rings. The van der Waals surface area contributed by atoms with E-state index in [-0.39, 0.29) is 37.1 Å². The number of rotatable bonds is 11. The van der Waals surface area contributed by atoms with E-state index in [0.717, 1.165) is 36.3 Å². The second-order valence-electron chi connectivity index (χ2n) is 8.89. The van der Waals surface area contributed by atoms with Crippen molar-refractivity contribution in [2.75, 3.05) is 32.7 Å². The fourth-order valence-corrected chi connectivity index (χ4v) is 4.82. The average molecular weight is 465 g/mol. The zero-order chi connectivity index (χ0) is 24.7. The third kappa shape index (κ3) is 5.36. The Hall–Kier alpha value is -3.06. The Bertz CT molecular complexity index is 1010. The van der Waals surface area contributed by atoms with Gasteiger partial charge in [0.05, 0.1) is 12.0 Å². The van der Waals surface area contributed by atoms with Gasteiger partial charge in [0.15, 0.2) is 0 Å². The molecule has 2 aromatic rings. The first-order chi connectivity index (χ1) is 16.4. The number of aromatic nitrogens is 1. The van der Waals surface area contributed by atoms with Gasteiger partial charge in [-0.1, -0.05) is 38.1 Å². The van der Waals surface area contributed by atoms with Crippen molar-refractivity contribution in [2.45, 2.75) is 52.5 Å². The zero-order valence-corrected chi connectivity index (χ0v) is 20.8. The predicted octanol–water partition coefficient (Wildman–Crippen LogP) is 3.17. The van der Waals surface area contributed by atoms with Crippen molar-refractivity contribution in [1.29, 1.82) is 0 Å². The summed E-state index contributed by atoms with van der Waals surface area (Å²) in [7, 11) is 0. The summed E-state index contributed by atoms with van der Waals surface area (Å²) < 4.78 is 0. The summed E-state index contributed by atoms with van der Waals surface area (Å²) >= 11 is 0. The summed E-state index contributed by atoms with van der Waals surface area (Å²) in [6.07, 6.45) is 3.28. The van der Waals surface area contributed by atoms with Gasteiger partial charge in [-0.05, 0) is 55.8 Å². The molecule has 2 heterocycles. The highest BCUT2D eigenvalue weighted by Gasteiger charge is 2.54. The van der Waals surface area contributed by atoms with Gasteiger partial charge in [-0.2, -0.15) is 0 Å². The second kappa shape index (κ2) is 11.4. The largest absolute Gasteiger partial charge is 0.342 e. The Morgan fingerprint density at radius 3 is 2.29 bits per heavy atom. The third-order valence-electron chi connectivity index (χ3n) is 6.93. The molecule has 0 N–H and O–H groups in total. The van der Waals surface area contributed by atoms with E-state index in [2.05, 4.69) is 23.7 Å². The molecule has 0 bridgehead atoms. The lowest BCUT2D eigenvalue weighted by molar-refractivity contribution is -0.143. The van der Waals surface area contributed by atoms with E-state index in [0.29, 0.717) is 13.1 Å². The van der Waals surface area contributed by atoms with Gasteiger partial charge in [0.2, 0.25) is 17.7 Å². The van der Waals surface area contributed by atoms with Gasteiger partial charge in [-0.15, -0.1) is 0 Å². The van der Waals surface area contributed by atoms with Crippen molar-refractivity contribution in [3.8, 4) is 0 Å². The molecule has 0 unspecified atom stereocenters. The molecule has 0 saturated carbocycles. The number of hydrogen-bond acceptors (Lipinski definition) is 5. The number of likely N-dealkylation sites (tertiary alicyclic amines) is 1. The van der Waals surface area contributed by atoms with Crippen LogP contribution in [0.3, 0.4) is 0 Å². The highest BCUT2D eigenvalue weighted by atomic mass is 16.2. The fraction of sp³-hybridized carbons (Fsp3) is 0.481. The monoisotopic (exact) mass is 464 g/mol. The topological polar surface area (TPSA) is 73.8 Å². The van der Waals surface area contributed by atoms with Gasteiger partial charge in [0, 0.05) is 44.9 Å². The van der Waals surface area contributed by atoms with Crippen LogP contribution in [-0.2, 0) is 26.3 Å². The van der Waals surface area contributed by atoms with Crippen LogP contribution in [-0.4, -0.2) is 70.1 Å². The number of carbonyl (C=O) groups is 3. The molecule has 0 spiro atoms. The molecular formula is C27H36N4O3. The van der Waals surface area contributed by atoms with Crippen molar-refractivity contribution in [3.63, 3.8) is 0 Å². The van der Waals surface area contributed by atoms with E-state index >= 15 is 0 Å². The number of hydrogen-bond donors (Lipinski definition) is 0. The number of aryl methyl sites for hydroxylation is 1. The quantitative estimate of drug-likeness (QED) is 0.478. The van der Waals surface area contributed by atoms with Crippen LogP contribution in [0.2, 0.25) is 0 Å². The summed E-state index contributed by atoms with van der Waals surface area (Å²) in [4.78, 5) is 50.0. The molecule has 1 aliphatic rings. The van der Waals surface area contributed by atoms with Crippen molar-refractivity contribution in [3.05, 3.63) is 65.5 Å². The van der Waals surface area contributed by atoms with E-state index in [1.807, 2.05) is 43.0 Å². The SMILES string of the molecule is CCN(CC)CCN(CC)C(=O)C[C@@]1(c2ccccc2C)CC(=O)N(Cc2ccncc2)C1=O. The minimum Gasteiger partial charge on any atom is -0.342 e. The zero-order valence-electron chi connectivity index (χ0n) is 20.8. The lowest BCUT2D eigenvalue weighted by Gasteiger charge is -2.32. The summed E-state index contributed by atoms with van der Waals surface area (Å²) in [5, 5.41) is 0. The fourth-order valence-electron chi connectivity index (χ4n) is 4.82. The molecule has 3 rings (SSSR count). The van der Waals surface area contributed by atoms with Crippen molar-refractivity contribution in [1.82, 2.24) is 19.7 Å². The lowest BCUT2D eigenvalue weighted by atomic mass is 9.74. The molecule has 1 aromatic carbocycles. The number of pyridine rings is 1. The Labute approximate surface area is 202 Å². The lowest BCUT2D eigenvalue weighted by Crippen LogP contribution is -2.45. The second-order valence-corrected chi connectivity index (χ2v) is 8.89. The predicted molar refractivity (Wildman–Crippen MR) is 132 cm³/mol.